The van der Waals surface area contributed by atoms with Crippen molar-refractivity contribution in [1.82, 2.24) is 14.7 Å². The fourth-order valence-corrected chi connectivity index (χ4v) is 3.38. The van der Waals surface area contributed by atoms with Gasteiger partial charge in [0, 0.05) is 18.5 Å². The number of hydrogen-bond donors (Lipinski definition) is 0. The molecule has 0 N–H and O–H groups in total. The molecule has 1 fully saturated rings. The first-order valence-corrected chi connectivity index (χ1v) is 8.30. The average molecular weight is 325 g/mol. The molecule has 0 saturated carbocycles. The molecule has 124 valence electrons. The molecule has 3 heterocycles. The Hall–Kier alpha value is -2.63. The van der Waals surface area contributed by atoms with Gasteiger partial charge in [-0.2, -0.15) is 5.10 Å². The maximum Gasteiger partial charge on any atom is 0.347 e. The summed E-state index contributed by atoms with van der Waals surface area (Å²) in [6.07, 6.45) is 4.78. The first-order chi connectivity index (χ1) is 11.6. The van der Waals surface area contributed by atoms with E-state index >= 15 is 0 Å². The maximum absolute atomic E-state index is 12.6. The van der Waals surface area contributed by atoms with Gasteiger partial charge >= 0.3 is 5.63 Å². The Labute approximate surface area is 138 Å². The Morgan fingerprint density at radius 3 is 2.79 bits per heavy atom. The number of carbonyl (C=O) groups excluding carboxylic acids is 1. The minimum absolute atomic E-state index is 0.0498. The lowest BCUT2D eigenvalue weighted by Crippen LogP contribution is -2.37. The van der Waals surface area contributed by atoms with Gasteiger partial charge in [-0.05, 0) is 38.3 Å². The van der Waals surface area contributed by atoms with Gasteiger partial charge in [0.2, 0.25) is 5.91 Å². The molecule has 3 aromatic rings. The van der Waals surface area contributed by atoms with Crippen molar-refractivity contribution in [3.8, 4) is 0 Å². The summed E-state index contributed by atoms with van der Waals surface area (Å²) in [6.45, 7) is 3.74. The predicted molar refractivity (Wildman–Crippen MR) is 90.9 cm³/mol. The zero-order chi connectivity index (χ0) is 16.7. The number of aryl methyl sites for hydroxylation is 1. The Morgan fingerprint density at radius 2 is 2.00 bits per heavy atom. The van der Waals surface area contributed by atoms with Crippen LogP contribution in [0.1, 0.15) is 24.8 Å². The van der Waals surface area contributed by atoms with E-state index in [-0.39, 0.29) is 12.5 Å². The Kier molecular flexibility index (Phi) is 3.59. The first-order valence-electron chi connectivity index (χ1n) is 8.30. The number of rotatable bonds is 2. The smallest absolute Gasteiger partial charge is 0.347 e. The molecule has 1 aromatic carbocycles. The van der Waals surface area contributed by atoms with Crippen molar-refractivity contribution in [3.63, 3.8) is 0 Å². The van der Waals surface area contributed by atoms with Crippen LogP contribution in [-0.2, 0) is 11.3 Å². The van der Waals surface area contributed by atoms with Crippen molar-refractivity contribution < 1.29 is 9.21 Å². The van der Waals surface area contributed by atoms with Crippen LogP contribution in [0.5, 0.6) is 0 Å². The molecule has 6 nitrogen and oxygen atoms in total. The molecule has 1 aliphatic heterocycles. The van der Waals surface area contributed by atoms with Gasteiger partial charge in [0.15, 0.2) is 0 Å². The third-order valence-electron chi connectivity index (χ3n) is 4.65. The molecule has 4 rings (SSSR count). The topological polar surface area (TPSA) is 68.3 Å². The number of piperidine rings is 1. The van der Waals surface area contributed by atoms with Gasteiger partial charge in [0.1, 0.15) is 17.5 Å². The molecule has 6 heteroatoms. The average Bonchev–Trinajstić information content (AvgIpc) is 3.01. The van der Waals surface area contributed by atoms with E-state index in [9.17, 15) is 9.59 Å². The summed E-state index contributed by atoms with van der Waals surface area (Å²) in [5.41, 5.74) is 1.84. The van der Waals surface area contributed by atoms with Gasteiger partial charge in [-0.1, -0.05) is 11.6 Å². The highest BCUT2D eigenvalue weighted by Crippen LogP contribution is 2.24. The molecule has 24 heavy (non-hydrogen) atoms. The van der Waals surface area contributed by atoms with Gasteiger partial charge < -0.3 is 9.32 Å². The van der Waals surface area contributed by atoms with Crippen LogP contribution in [0.25, 0.3) is 21.9 Å². The van der Waals surface area contributed by atoms with Crippen molar-refractivity contribution >= 4 is 27.8 Å². The Bertz CT molecular complexity index is 980. The third-order valence-corrected chi connectivity index (χ3v) is 4.65. The largest absolute Gasteiger partial charge is 0.422 e. The second-order valence-electron chi connectivity index (χ2n) is 6.40. The highest BCUT2D eigenvalue weighted by atomic mass is 16.4. The van der Waals surface area contributed by atoms with Crippen LogP contribution in [0.2, 0.25) is 0 Å². The van der Waals surface area contributed by atoms with Crippen LogP contribution in [-0.4, -0.2) is 33.7 Å². The normalized spacial score (nSPS) is 15.3. The molecular formula is C18H19N3O3. The number of amides is 1. The van der Waals surface area contributed by atoms with Crippen LogP contribution >= 0.6 is 0 Å². The summed E-state index contributed by atoms with van der Waals surface area (Å²) in [4.78, 5) is 26.6. The molecule has 1 aliphatic rings. The van der Waals surface area contributed by atoms with Gasteiger partial charge in [-0.15, -0.1) is 0 Å². The summed E-state index contributed by atoms with van der Waals surface area (Å²) in [7, 11) is 0. The number of aromatic nitrogens is 2. The minimum Gasteiger partial charge on any atom is -0.422 e. The maximum atomic E-state index is 12.6. The van der Waals surface area contributed by atoms with E-state index in [1.165, 1.54) is 12.6 Å². The highest BCUT2D eigenvalue weighted by molar-refractivity contribution is 6.02. The van der Waals surface area contributed by atoms with Crippen molar-refractivity contribution in [2.45, 2.75) is 32.7 Å². The molecule has 0 aliphatic carbocycles. The van der Waals surface area contributed by atoms with Crippen molar-refractivity contribution in [1.29, 1.82) is 0 Å². The van der Waals surface area contributed by atoms with Gasteiger partial charge in [0.05, 0.1) is 11.7 Å². The van der Waals surface area contributed by atoms with E-state index in [1.807, 2.05) is 24.0 Å². The number of carbonyl (C=O) groups is 1. The molecule has 0 unspecified atom stereocenters. The van der Waals surface area contributed by atoms with E-state index in [1.54, 1.807) is 10.7 Å². The Morgan fingerprint density at radius 1 is 1.21 bits per heavy atom. The van der Waals surface area contributed by atoms with E-state index < -0.39 is 5.63 Å². The summed E-state index contributed by atoms with van der Waals surface area (Å²) in [5, 5.41) is 5.51. The number of nitrogens with zero attached hydrogens (tertiary/aromatic N) is 3. The van der Waals surface area contributed by atoms with Gasteiger partial charge in [0.25, 0.3) is 0 Å². The van der Waals surface area contributed by atoms with Crippen molar-refractivity contribution in [2.75, 3.05) is 13.1 Å². The van der Waals surface area contributed by atoms with Gasteiger partial charge in [-0.25, -0.2) is 4.79 Å². The van der Waals surface area contributed by atoms with E-state index in [0.29, 0.717) is 16.5 Å². The quantitative estimate of drug-likeness (QED) is 0.679. The second kappa shape index (κ2) is 5.78. The minimum atomic E-state index is -0.418. The SMILES string of the molecule is Cc1ccc2oc(=O)c3cnn(CC(=O)N4CCCCC4)c3c2c1. The monoisotopic (exact) mass is 325 g/mol. The summed E-state index contributed by atoms with van der Waals surface area (Å²) in [5.74, 6) is 0.0498. The summed E-state index contributed by atoms with van der Waals surface area (Å²) >= 11 is 0. The molecule has 0 atom stereocenters. The van der Waals surface area contributed by atoms with Crippen LogP contribution in [0.4, 0.5) is 0 Å². The third kappa shape index (κ3) is 2.48. The van der Waals surface area contributed by atoms with E-state index in [2.05, 4.69) is 5.10 Å². The molecule has 1 saturated heterocycles. The van der Waals surface area contributed by atoms with Crippen LogP contribution in [0.15, 0.2) is 33.6 Å². The van der Waals surface area contributed by atoms with Crippen molar-refractivity contribution in [3.05, 3.63) is 40.4 Å². The fourth-order valence-electron chi connectivity index (χ4n) is 3.38. The van der Waals surface area contributed by atoms with Crippen LogP contribution < -0.4 is 5.63 Å². The van der Waals surface area contributed by atoms with E-state index in [0.717, 1.165) is 36.9 Å². The molecular weight excluding hydrogens is 306 g/mol. The lowest BCUT2D eigenvalue weighted by molar-refractivity contribution is -0.132. The first kappa shape index (κ1) is 14.9. The lowest BCUT2D eigenvalue weighted by atomic mass is 10.1. The number of fused-ring (bicyclic) bond motifs is 3. The summed E-state index contributed by atoms with van der Waals surface area (Å²) < 4.78 is 6.99. The number of benzene rings is 1. The standard InChI is InChI=1S/C18H19N3O3/c1-12-5-6-15-13(9-12)17-14(18(23)24-15)10-19-21(17)11-16(22)20-7-3-2-4-8-20/h5-6,9-10H,2-4,7-8,11H2,1H3. The van der Waals surface area contributed by atoms with E-state index in [4.69, 9.17) is 4.42 Å². The van der Waals surface area contributed by atoms with Crippen LogP contribution in [0, 0.1) is 6.92 Å². The number of hydrogen-bond acceptors (Lipinski definition) is 4. The molecule has 0 spiro atoms. The Balaban J connectivity index is 1.81. The van der Waals surface area contributed by atoms with Gasteiger partial charge in [-0.3, -0.25) is 9.48 Å². The van der Waals surface area contributed by atoms with Crippen molar-refractivity contribution in [2.24, 2.45) is 0 Å². The highest BCUT2D eigenvalue weighted by Gasteiger charge is 2.20. The molecule has 2 aromatic heterocycles. The molecule has 0 bridgehead atoms. The zero-order valence-corrected chi connectivity index (χ0v) is 13.6. The fraction of sp³-hybridized carbons (Fsp3) is 0.389. The molecule has 1 amide bonds. The second-order valence-corrected chi connectivity index (χ2v) is 6.40. The molecule has 0 radical (unpaired) electrons. The predicted octanol–water partition coefficient (Wildman–Crippen LogP) is 2.46. The summed E-state index contributed by atoms with van der Waals surface area (Å²) in [6, 6.07) is 5.65. The number of likely N-dealkylation sites (tertiary alicyclic amines) is 1. The lowest BCUT2D eigenvalue weighted by Gasteiger charge is -2.26. The zero-order valence-electron chi connectivity index (χ0n) is 13.6. The van der Waals surface area contributed by atoms with Crippen LogP contribution in [0.3, 0.4) is 0 Å².